The molecule has 0 bridgehead atoms. The molecule has 0 saturated carbocycles. The lowest BCUT2D eigenvalue weighted by Gasteiger charge is -2.26. The molecule has 1 aliphatic heterocycles. The van der Waals surface area contributed by atoms with Crippen molar-refractivity contribution in [1.82, 2.24) is 20.2 Å². The molecule has 1 saturated heterocycles. The van der Waals surface area contributed by atoms with E-state index < -0.39 is 0 Å². The van der Waals surface area contributed by atoms with Crippen LogP contribution < -0.4 is 10.1 Å². The molecule has 37 heavy (non-hydrogen) atoms. The highest BCUT2D eigenvalue weighted by Gasteiger charge is 2.18. The molecule has 2 N–H and O–H groups in total. The van der Waals surface area contributed by atoms with Gasteiger partial charge in [-0.25, -0.2) is 9.37 Å². The minimum absolute atomic E-state index is 0.292. The Labute approximate surface area is 221 Å². The maximum atomic E-state index is 14.1. The molecule has 1 amide bonds. The first-order chi connectivity index (χ1) is 17.9. The zero-order valence-corrected chi connectivity index (χ0v) is 22.1. The number of ether oxygens (including phenoxy) is 2. The summed E-state index contributed by atoms with van der Waals surface area (Å²) in [5.41, 5.74) is 2.26. The van der Waals surface area contributed by atoms with Crippen molar-refractivity contribution in [3.05, 3.63) is 70.9 Å². The maximum Gasteiger partial charge on any atom is 0.258 e. The molecule has 0 radical (unpaired) electrons. The van der Waals surface area contributed by atoms with Crippen LogP contribution in [0, 0.1) is 11.7 Å². The van der Waals surface area contributed by atoms with Gasteiger partial charge in [-0.05, 0) is 35.6 Å². The van der Waals surface area contributed by atoms with Crippen molar-refractivity contribution in [3.8, 4) is 17.1 Å². The van der Waals surface area contributed by atoms with E-state index in [0.29, 0.717) is 64.5 Å². The maximum absolute atomic E-state index is 14.1. The Bertz CT molecular complexity index is 1270. The summed E-state index contributed by atoms with van der Waals surface area (Å²) in [4.78, 5) is 23.2. The van der Waals surface area contributed by atoms with Crippen LogP contribution in [0.5, 0.6) is 5.75 Å². The van der Waals surface area contributed by atoms with Crippen molar-refractivity contribution in [1.29, 1.82) is 0 Å². The summed E-state index contributed by atoms with van der Waals surface area (Å²) in [6, 6.07) is 9.74. The number of aromatic amines is 1. The van der Waals surface area contributed by atoms with E-state index in [0.717, 1.165) is 26.1 Å². The topological polar surface area (TPSA) is 79.5 Å². The van der Waals surface area contributed by atoms with Gasteiger partial charge in [-0.15, -0.1) is 0 Å². The number of hydrogen-bond donors (Lipinski definition) is 2. The van der Waals surface area contributed by atoms with Crippen molar-refractivity contribution in [2.75, 3.05) is 39.5 Å². The number of H-pyrrole nitrogens is 1. The van der Waals surface area contributed by atoms with E-state index >= 15 is 0 Å². The number of rotatable bonds is 11. The quantitative estimate of drug-likeness (QED) is 0.341. The molecular weight excluding hydrogens is 491 g/mol. The van der Waals surface area contributed by atoms with Gasteiger partial charge in [0.15, 0.2) is 0 Å². The molecule has 1 atom stereocenters. The second-order valence-electron chi connectivity index (χ2n) is 8.94. The standard InChI is InChI=1S/C28H33FN4O3S/c1-4-19(2)10-17-37-20(3)30-28(34)23-6-5-7-24-26(23)32-27(31-24)22-9-8-21(29)18-25(22)36-16-13-33-11-14-35-15-12-33/h5-10,17-19H,3-4,11-16H2,1-2H3,(H,30,34)(H,31,32). The largest absolute Gasteiger partial charge is 0.491 e. The Morgan fingerprint density at radius 1 is 1.35 bits per heavy atom. The summed E-state index contributed by atoms with van der Waals surface area (Å²) < 4.78 is 25.5. The molecule has 4 rings (SSSR count). The second kappa shape index (κ2) is 12.9. The van der Waals surface area contributed by atoms with Gasteiger partial charge in [0.25, 0.3) is 5.91 Å². The number of morpholine rings is 1. The molecule has 2 aromatic carbocycles. The molecule has 9 heteroatoms. The van der Waals surface area contributed by atoms with Crippen LogP contribution in [0.4, 0.5) is 4.39 Å². The average molecular weight is 525 g/mol. The number of nitrogens with zero attached hydrogens (tertiary/aromatic N) is 2. The number of benzene rings is 2. The number of allylic oxidation sites excluding steroid dienone is 1. The van der Waals surface area contributed by atoms with E-state index in [4.69, 9.17) is 14.5 Å². The van der Waals surface area contributed by atoms with E-state index in [-0.39, 0.29) is 11.7 Å². The summed E-state index contributed by atoms with van der Waals surface area (Å²) in [5, 5.41) is 5.32. The second-order valence-corrected chi connectivity index (χ2v) is 9.94. The lowest BCUT2D eigenvalue weighted by molar-refractivity contribution is 0.0322. The first kappa shape index (κ1) is 26.9. The van der Waals surface area contributed by atoms with Crippen molar-refractivity contribution in [2.24, 2.45) is 5.92 Å². The Morgan fingerprint density at radius 3 is 2.95 bits per heavy atom. The van der Waals surface area contributed by atoms with Crippen LogP contribution >= 0.6 is 11.8 Å². The number of amides is 1. The SMILES string of the molecule is C=C(NC(=O)c1cccc2[nH]c(-c3ccc(F)cc3OCCN3CCOCC3)nc12)SC=CC(C)CC. The van der Waals surface area contributed by atoms with Gasteiger partial charge in [-0.2, -0.15) is 0 Å². The van der Waals surface area contributed by atoms with Crippen LogP contribution in [-0.2, 0) is 4.74 Å². The number of halogens is 1. The Kier molecular flexibility index (Phi) is 9.38. The highest BCUT2D eigenvalue weighted by atomic mass is 32.2. The number of para-hydroxylation sites is 1. The molecule has 2 heterocycles. The first-order valence-electron chi connectivity index (χ1n) is 12.5. The van der Waals surface area contributed by atoms with Gasteiger partial charge < -0.3 is 19.8 Å². The molecule has 1 aliphatic rings. The van der Waals surface area contributed by atoms with Gasteiger partial charge in [-0.1, -0.05) is 50.8 Å². The minimum Gasteiger partial charge on any atom is -0.491 e. The van der Waals surface area contributed by atoms with Crippen LogP contribution in [0.3, 0.4) is 0 Å². The van der Waals surface area contributed by atoms with Crippen LogP contribution in [0.1, 0.15) is 30.6 Å². The Balaban J connectivity index is 1.50. The molecule has 3 aromatic rings. The number of thioether (sulfide) groups is 1. The number of aromatic nitrogens is 2. The average Bonchev–Trinajstić information content (AvgIpc) is 3.33. The first-order valence-corrected chi connectivity index (χ1v) is 13.4. The van der Waals surface area contributed by atoms with Crippen molar-refractivity contribution in [2.45, 2.75) is 20.3 Å². The van der Waals surface area contributed by atoms with E-state index in [9.17, 15) is 9.18 Å². The summed E-state index contributed by atoms with van der Waals surface area (Å²) in [6.07, 6.45) is 3.14. The fraction of sp³-hybridized carbons (Fsp3) is 0.357. The predicted octanol–water partition coefficient (Wildman–Crippen LogP) is 5.57. The zero-order valence-electron chi connectivity index (χ0n) is 21.3. The highest BCUT2D eigenvalue weighted by molar-refractivity contribution is 8.05. The van der Waals surface area contributed by atoms with Gasteiger partial charge in [-0.3, -0.25) is 9.69 Å². The summed E-state index contributed by atoms with van der Waals surface area (Å²) >= 11 is 1.37. The van der Waals surface area contributed by atoms with E-state index in [1.807, 2.05) is 11.5 Å². The predicted molar refractivity (Wildman–Crippen MR) is 147 cm³/mol. The van der Waals surface area contributed by atoms with Gasteiger partial charge >= 0.3 is 0 Å². The third kappa shape index (κ3) is 7.21. The van der Waals surface area contributed by atoms with Crippen LogP contribution in [0.2, 0.25) is 0 Å². The number of imidazole rings is 1. The summed E-state index contributed by atoms with van der Waals surface area (Å²) in [7, 11) is 0. The molecule has 1 fully saturated rings. The molecular formula is C28H33FN4O3S. The third-order valence-corrected chi connectivity index (χ3v) is 6.92. The third-order valence-electron chi connectivity index (χ3n) is 6.24. The van der Waals surface area contributed by atoms with Crippen LogP contribution in [0.25, 0.3) is 22.4 Å². The lowest BCUT2D eigenvalue weighted by Crippen LogP contribution is -2.38. The fourth-order valence-electron chi connectivity index (χ4n) is 3.88. The molecule has 0 spiro atoms. The summed E-state index contributed by atoms with van der Waals surface area (Å²) in [5.74, 6) is 0.684. The van der Waals surface area contributed by atoms with Gasteiger partial charge in [0.1, 0.15) is 29.5 Å². The monoisotopic (exact) mass is 524 g/mol. The number of nitrogens with one attached hydrogen (secondary N) is 2. The van der Waals surface area contributed by atoms with Crippen LogP contribution in [-0.4, -0.2) is 60.2 Å². The highest BCUT2D eigenvalue weighted by Crippen LogP contribution is 2.31. The van der Waals surface area contributed by atoms with E-state index in [1.165, 1.54) is 23.9 Å². The molecule has 1 aromatic heterocycles. The molecule has 7 nitrogen and oxygen atoms in total. The number of fused-ring (bicyclic) bond motifs is 1. The molecule has 0 aliphatic carbocycles. The smallest absolute Gasteiger partial charge is 0.258 e. The zero-order chi connectivity index (χ0) is 26.2. The number of hydrogen-bond acceptors (Lipinski definition) is 6. The van der Waals surface area contributed by atoms with Crippen molar-refractivity contribution >= 4 is 28.7 Å². The molecule has 1 unspecified atom stereocenters. The van der Waals surface area contributed by atoms with Gasteiger partial charge in [0.05, 0.1) is 34.9 Å². The van der Waals surface area contributed by atoms with E-state index in [2.05, 4.69) is 41.7 Å². The van der Waals surface area contributed by atoms with Crippen LogP contribution in [0.15, 0.2) is 59.5 Å². The van der Waals surface area contributed by atoms with E-state index in [1.54, 1.807) is 18.2 Å². The molecule has 196 valence electrons. The van der Waals surface area contributed by atoms with Gasteiger partial charge in [0.2, 0.25) is 0 Å². The fourth-order valence-corrected chi connectivity index (χ4v) is 4.54. The summed E-state index contributed by atoms with van der Waals surface area (Å²) in [6.45, 7) is 12.5. The Morgan fingerprint density at radius 2 is 2.16 bits per heavy atom. The number of carbonyl (C=O) groups excluding carboxylic acids is 1. The van der Waals surface area contributed by atoms with Crippen molar-refractivity contribution < 1.29 is 18.7 Å². The normalized spacial score (nSPS) is 15.2. The van der Waals surface area contributed by atoms with Gasteiger partial charge in [0, 0.05) is 25.7 Å². The minimum atomic E-state index is -0.389. The van der Waals surface area contributed by atoms with Crippen molar-refractivity contribution in [3.63, 3.8) is 0 Å². The lowest BCUT2D eigenvalue weighted by atomic mass is 10.1. The Hall–Kier alpha value is -3.14. The number of carbonyl (C=O) groups is 1.